The number of ketones is 1. The van der Waals surface area contributed by atoms with Gasteiger partial charge < -0.3 is 5.11 Å². The van der Waals surface area contributed by atoms with E-state index in [9.17, 15) is 4.79 Å². The molecule has 2 nitrogen and oxygen atoms in total. The molecule has 12 heavy (non-hydrogen) atoms. The average molecular weight is 166 g/mol. The molecule has 0 heterocycles. The van der Waals surface area contributed by atoms with Gasteiger partial charge in [-0.2, -0.15) is 0 Å². The largest absolute Gasteiger partial charge is 0.392 e. The molecule has 2 bridgehead atoms. The Morgan fingerprint density at radius 2 is 2.25 bits per heavy atom. The SMILES string of the molecule is CC1(C)[C@@H]2C[C@H]1C(=O)C=C2CO. The molecule has 0 amide bonds. The highest BCUT2D eigenvalue weighted by Crippen LogP contribution is 2.57. The molecule has 0 aromatic heterocycles. The molecule has 3 aliphatic rings. The fourth-order valence-electron chi connectivity index (χ4n) is 2.58. The summed E-state index contributed by atoms with van der Waals surface area (Å²) >= 11 is 0. The highest BCUT2D eigenvalue weighted by Gasteiger charge is 2.54. The molecule has 0 saturated heterocycles. The van der Waals surface area contributed by atoms with Crippen LogP contribution in [-0.4, -0.2) is 17.5 Å². The lowest BCUT2D eigenvalue weighted by Gasteiger charge is -2.54. The first-order chi connectivity index (χ1) is 5.57. The third kappa shape index (κ3) is 0.761. The monoisotopic (exact) mass is 166 g/mol. The quantitative estimate of drug-likeness (QED) is 0.634. The molecule has 0 aliphatic heterocycles. The lowest BCUT2D eigenvalue weighted by atomic mass is 9.48. The molecule has 66 valence electrons. The molecular weight excluding hydrogens is 152 g/mol. The van der Waals surface area contributed by atoms with Crippen LogP contribution in [0.25, 0.3) is 0 Å². The molecule has 2 atom stereocenters. The zero-order valence-electron chi connectivity index (χ0n) is 7.50. The molecule has 0 spiro atoms. The molecule has 3 rings (SSSR count). The molecule has 0 radical (unpaired) electrons. The van der Waals surface area contributed by atoms with E-state index in [0.29, 0.717) is 5.92 Å². The van der Waals surface area contributed by atoms with E-state index in [1.54, 1.807) is 6.08 Å². The van der Waals surface area contributed by atoms with Crippen molar-refractivity contribution >= 4 is 5.78 Å². The Kier molecular flexibility index (Phi) is 1.46. The summed E-state index contributed by atoms with van der Waals surface area (Å²) < 4.78 is 0. The molecule has 3 aliphatic carbocycles. The number of hydrogen-bond donors (Lipinski definition) is 1. The van der Waals surface area contributed by atoms with Crippen molar-refractivity contribution < 1.29 is 9.90 Å². The number of allylic oxidation sites excluding steroid dienone is 1. The average Bonchev–Trinajstić information content (AvgIpc) is 2.02. The van der Waals surface area contributed by atoms with Gasteiger partial charge in [0.05, 0.1) is 6.61 Å². The van der Waals surface area contributed by atoms with Gasteiger partial charge in [0.15, 0.2) is 5.78 Å². The summed E-state index contributed by atoms with van der Waals surface area (Å²) in [6.07, 6.45) is 2.60. The number of rotatable bonds is 1. The van der Waals surface area contributed by atoms with Crippen molar-refractivity contribution in [1.29, 1.82) is 0 Å². The van der Waals surface area contributed by atoms with Crippen molar-refractivity contribution in [3.63, 3.8) is 0 Å². The van der Waals surface area contributed by atoms with Crippen LogP contribution >= 0.6 is 0 Å². The van der Waals surface area contributed by atoms with Crippen LogP contribution in [0.15, 0.2) is 11.6 Å². The van der Waals surface area contributed by atoms with Gasteiger partial charge in [0.2, 0.25) is 0 Å². The minimum absolute atomic E-state index is 0.0482. The molecule has 0 aromatic rings. The Labute approximate surface area is 72.3 Å². The van der Waals surface area contributed by atoms with Crippen LogP contribution in [-0.2, 0) is 4.79 Å². The number of carbonyl (C=O) groups is 1. The minimum atomic E-state index is 0.0482. The van der Waals surface area contributed by atoms with Gasteiger partial charge >= 0.3 is 0 Å². The Morgan fingerprint density at radius 1 is 1.58 bits per heavy atom. The summed E-state index contributed by atoms with van der Waals surface area (Å²) in [5.41, 5.74) is 1.04. The van der Waals surface area contributed by atoms with E-state index in [4.69, 9.17) is 5.11 Å². The molecule has 1 saturated carbocycles. The normalized spacial score (nSPS) is 37.2. The van der Waals surface area contributed by atoms with Gasteiger partial charge in [-0.25, -0.2) is 0 Å². The van der Waals surface area contributed by atoms with Crippen LogP contribution in [0.2, 0.25) is 0 Å². The van der Waals surface area contributed by atoms with Crippen molar-refractivity contribution in [2.45, 2.75) is 20.3 Å². The Bertz CT molecular complexity index is 263. The van der Waals surface area contributed by atoms with Crippen LogP contribution in [0.5, 0.6) is 0 Å². The Balaban J connectivity index is 2.36. The second kappa shape index (κ2) is 2.19. The highest BCUT2D eigenvalue weighted by atomic mass is 16.3. The zero-order chi connectivity index (χ0) is 8.93. The van der Waals surface area contributed by atoms with Gasteiger partial charge in [-0.1, -0.05) is 13.8 Å². The summed E-state index contributed by atoms with van der Waals surface area (Å²) in [6.45, 7) is 4.28. The van der Waals surface area contributed by atoms with Crippen LogP contribution < -0.4 is 0 Å². The van der Waals surface area contributed by atoms with E-state index in [1.165, 1.54) is 0 Å². The summed E-state index contributed by atoms with van der Waals surface area (Å²) in [5.74, 6) is 0.884. The fourth-order valence-corrected chi connectivity index (χ4v) is 2.58. The molecule has 0 aromatic carbocycles. The van der Waals surface area contributed by atoms with Crippen LogP contribution in [0.3, 0.4) is 0 Å². The van der Waals surface area contributed by atoms with E-state index in [1.807, 2.05) is 0 Å². The molecule has 1 fully saturated rings. The van der Waals surface area contributed by atoms with Gasteiger partial charge in [0, 0.05) is 5.92 Å². The number of fused-ring (bicyclic) bond motifs is 1. The van der Waals surface area contributed by atoms with Crippen molar-refractivity contribution in [3.8, 4) is 0 Å². The number of hydrogen-bond acceptors (Lipinski definition) is 2. The molecule has 1 N–H and O–H groups in total. The number of carbonyl (C=O) groups excluding carboxylic acids is 1. The third-order valence-corrected chi connectivity index (χ3v) is 3.57. The van der Waals surface area contributed by atoms with Gasteiger partial charge in [-0.3, -0.25) is 4.79 Å². The maximum Gasteiger partial charge on any atom is 0.159 e. The minimum Gasteiger partial charge on any atom is -0.392 e. The molecular formula is C10H14O2. The predicted molar refractivity (Wildman–Crippen MR) is 45.6 cm³/mol. The van der Waals surface area contributed by atoms with Gasteiger partial charge in [-0.05, 0) is 29.4 Å². The summed E-state index contributed by atoms with van der Waals surface area (Å²) in [6, 6.07) is 0. The topological polar surface area (TPSA) is 37.3 Å². The summed E-state index contributed by atoms with van der Waals surface area (Å²) in [5, 5.41) is 9.02. The van der Waals surface area contributed by atoms with E-state index >= 15 is 0 Å². The van der Waals surface area contributed by atoms with E-state index in [2.05, 4.69) is 13.8 Å². The Morgan fingerprint density at radius 3 is 2.67 bits per heavy atom. The third-order valence-electron chi connectivity index (χ3n) is 3.57. The van der Waals surface area contributed by atoms with Crippen LogP contribution in [0, 0.1) is 17.3 Å². The lowest BCUT2D eigenvalue weighted by molar-refractivity contribution is -0.134. The van der Waals surface area contributed by atoms with Gasteiger partial charge in [0.25, 0.3) is 0 Å². The van der Waals surface area contributed by atoms with Crippen molar-refractivity contribution in [2.75, 3.05) is 6.61 Å². The number of aliphatic hydroxyl groups excluding tert-OH is 1. The van der Waals surface area contributed by atoms with Crippen molar-refractivity contribution in [2.24, 2.45) is 17.3 Å². The Hall–Kier alpha value is -0.630. The number of aliphatic hydroxyl groups is 1. The van der Waals surface area contributed by atoms with E-state index < -0.39 is 0 Å². The van der Waals surface area contributed by atoms with Crippen LogP contribution in [0.1, 0.15) is 20.3 Å². The predicted octanol–water partition coefficient (Wildman–Crippen LogP) is 1.15. The van der Waals surface area contributed by atoms with Gasteiger partial charge in [-0.15, -0.1) is 0 Å². The van der Waals surface area contributed by atoms with Gasteiger partial charge in [0.1, 0.15) is 0 Å². The molecule has 0 unspecified atom stereocenters. The highest BCUT2D eigenvalue weighted by molar-refractivity contribution is 5.96. The fraction of sp³-hybridized carbons (Fsp3) is 0.700. The van der Waals surface area contributed by atoms with Crippen molar-refractivity contribution in [3.05, 3.63) is 11.6 Å². The summed E-state index contributed by atoms with van der Waals surface area (Å²) in [4.78, 5) is 11.4. The summed E-state index contributed by atoms with van der Waals surface area (Å²) in [7, 11) is 0. The maximum absolute atomic E-state index is 11.4. The first-order valence-corrected chi connectivity index (χ1v) is 4.42. The standard InChI is InChI=1S/C10H14O2/c1-10(2)7-4-8(10)9(12)3-6(7)5-11/h3,7-8,11H,4-5H2,1-2H3/t7-,8+/m1/s1. The first-order valence-electron chi connectivity index (χ1n) is 4.42. The second-order valence-corrected chi connectivity index (χ2v) is 4.44. The first kappa shape index (κ1) is 7.99. The smallest absolute Gasteiger partial charge is 0.159 e. The van der Waals surface area contributed by atoms with Crippen LogP contribution in [0.4, 0.5) is 0 Å². The zero-order valence-corrected chi connectivity index (χ0v) is 7.50. The van der Waals surface area contributed by atoms with E-state index in [-0.39, 0.29) is 23.7 Å². The second-order valence-electron chi connectivity index (χ2n) is 4.44. The van der Waals surface area contributed by atoms with Crippen molar-refractivity contribution in [1.82, 2.24) is 0 Å². The van der Waals surface area contributed by atoms with E-state index in [0.717, 1.165) is 12.0 Å². The molecule has 2 heteroatoms. The maximum atomic E-state index is 11.4. The lowest BCUT2D eigenvalue weighted by Crippen LogP contribution is -2.52.